The van der Waals surface area contributed by atoms with Gasteiger partial charge in [-0.1, -0.05) is 18.2 Å². The third-order valence-electron chi connectivity index (χ3n) is 2.67. The van der Waals surface area contributed by atoms with E-state index < -0.39 is 0 Å². The monoisotopic (exact) mass is 223 g/mol. The lowest BCUT2D eigenvalue weighted by Crippen LogP contribution is -2.18. The van der Waals surface area contributed by atoms with Crippen LogP contribution in [0, 0.1) is 13.8 Å². The van der Waals surface area contributed by atoms with Crippen molar-refractivity contribution < 1.29 is 0 Å². The fourth-order valence-corrected chi connectivity index (χ4v) is 1.68. The standard InChI is InChI=1S/C13H21NS/c1-11-4-5-13(10-12(11)2)6-8-14-7-3-9-15/h4-5,10,14-15H,3,6-9H2,1-2H3. The molecule has 0 unspecified atom stereocenters. The second-order valence-electron chi connectivity index (χ2n) is 4.00. The molecule has 0 aliphatic carbocycles. The number of nitrogens with one attached hydrogen (secondary N) is 1. The van der Waals surface area contributed by atoms with Crippen molar-refractivity contribution in [2.24, 2.45) is 0 Å². The second-order valence-corrected chi connectivity index (χ2v) is 4.44. The Morgan fingerprint density at radius 3 is 2.60 bits per heavy atom. The lowest BCUT2D eigenvalue weighted by atomic mass is 10.0. The average molecular weight is 223 g/mol. The molecule has 2 heteroatoms. The van der Waals surface area contributed by atoms with Gasteiger partial charge in [0.25, 0.3) is 0 Å². The first-order valence-corrected chi connectivity index (χ1v) is 6.25. The molecule has 0 bridgehead atoms. The van der Waals surface area contributed by atoms with Crippen LogP contribution in [0.2, 0.25) is 0 Å². The number of rotatable bonds is 6. The Kier molecular flexibility index (Phi) is 5.81. The fraction of sp³-hybridized carbons (Fsp3) is 0.538. The van der Waals surface area contributed by atoms with Gasteiger partial charge in [-0.25, -0.2) is 0 Å². The van der Waals surface area contributed by atoms with Gasteiger partial charge in [0.1, 0.15) is 0 Å². The van der Waals surface area contributed by atoms with Crippen molar-refractivity contribution in [1.82, 2.24) is 5.32 Å². The van der Waals surface area contributed by atoms with Crippen molar-refractivity contribution in [3.05, 3.63) is 34.9 Å². The van der Waals surface area contributed by atoms with Crippen molar-refractivity contribution in [2.75, 3.05) is 18.8 Å². The highest BCUT2D eigenvalue weighted by Gasteiger charge is 1.96. The first-order valence-electron chi connectivity index (χ1n) is 5.61. The van der Waals surface area contributed by atoms with Crippen molar-refractivity contribution >= 4 is 12.6 Å². The molecular formula is C13H21NS. The van der Waals surface area contributed by atoms with Crippen LogP contribution >= 0.6 is 12.6 Å². The van der Waals surface area contributed by atoms with Gasteiger partial charge in [0.2, 0.25) is 0 Å². The van der Waals surface area contributed by atoms with Crippen LogP contribution in [0.4, 0.5) is 0 Å². The minimum absolute atomic E-state index is 0.969. The molecule has 15 heavy (non-hydrogen) atoms. The molecule has 0 fully saturated rings. The van der Waals surface area contributed by atoms with Crippen LogP contribution in [-0.4, -0.2) is 18.8 Å². The Morgan fingerprint density at radius 1 is 1.13 bits per heavy atom. The van der Waals surface area contributed by atoms with E-state index in [0.717, 1.165) is 31.7 Å². The maximum atomic E-state index is 4.18. The molecule has 0 aromatic heterocycles. The molecule has 0 aliphatic rings. The van der Waals surface area contributed by atoms with E-state index in [1.165, 1.54) is 16.7 Å². The molecule has 0 spiro atoms. The Balaban J connectivity index is 2.28. The first-order chi connectivity index (χ1) is 7.24. The number of thiol groups is 1. The zero-order valence-electron chi connectivity index (χ0n) is 9.71. The van der Waals surface area contributed by atoms with Crippen LogP contribution in [0.3, 0.4) is 0 Å². The van der Waals surface area contributed by atoms with Crippen molar-refractivity contribution in [3.63, 3.8) is 0 Å². The first kappa shape index (κ1) is 12.6. The lowest BCUT2D eigenvalue weighted by Gasteiger charge is -2.06. The summed E-state index contributed by atoms with van der Waals surface area (Å²) in [4.78, 5) is 0. The Labute approximate surface area is 98.7 Å². The lowest BCUT2D eigenvalue weighted by molar-refractivity contribution is 0.674. The molecule has 0 amide bonds. The van der Waals surface area contributed by atoms with Crippen LogP contribution in [0.15, 0.2) is 18.2 Å². The number of aryl methyl sites for hydroxylation is 2. The topological polar surface area (TPSA) is 12.0 Å². The third kappa shape index (κ3) is 4.72. The zero-order chi connectivity index (χ0) is 11.1. The summed E-state index contributed by atoms with van der Waals surface area (Å²) in [5.74, 6) is 0.969. The predicted octanol–water partition coefficient (Wildman–Crippen LogP) is 2.76. The van der Waals surface area contributed by atoms with E-state index in [1.54, 1.807) is 0 Å². The molecule has 0 heterocycles. The van der Waals surface area contributed by atoms with Gasteiger partial charge in [0.15, 0.2) is 0 Å². The second kappa shape index (κ2) is 6.91. The van der Waals surface area contributed by atoms with Crippen LogP contribution in [0.5, 0.6) is 0 Å². The van der Waals surface area contributed by atoms with Gasteiger partial charge in [-0.05, 0) is 62.2 Å². The largest absolute Gasteiger partial charge is 0.316 e. The highest BCUT2D eigenvalue weighted by Crippen LogP contribution is 2.09. The minimum Gasteiger partial charge on any atom is -0.316 e. The van der Waals surface area contributed by atoms with Gasteiger partial charge in [-0.3, -0.25) is 0 Å². The molecule has 1 N–H and O–H groups in total. The number of hydrogen-bond acceptors (Lipinski definition) is 2. The van der Waals surface area contributed by atoms with E-state index in [1.807, 2.05) is 0 Å². The summed E-state index contributed by atoms with van der Waals surface area (Å²) in [6.07, 6.45) is 2.27. The summed E-state index contributed by atoms with van der Waals surface area (Å²) < 4.78 is 0. The molecule has 0 atom stereocenters. The molecular weight excluding hydrogens is 202 g/mol. The van der Waals surface area contributed by atoms with Crippen molar-refractivity contribution in [3.8, 4) is 0 Å². The van der Waals surface area contributed by atoms with Crippen molar-refractivity contribution in [1.29, 1.82) is 0 Å². The van der Waals surface area contributed by atoms with E-state index >= 15 is 0 Å². The Morgan fingerprint density at radius 2 is 1.93 bits per heavy atom. The molecule has 1 aromatic rings. The SMILES string of the molecule is Cc1ccc(CCNCCCS)cc1C. The molecule has 84 valence electrons. The molecule has 1 aromatic carbocycles. The zero-order valence-corrected chi connectivity index (χ0v) is 10.6. The predicted molar refractivity (Wildman–Crippen MR) is 71.0 cm³/mol. The summed E-state index contributed by atoms with van der Waals surface area (Å²) in [6, 6.07) is 6.72. The minimum atomic E-state index is 0.969. The fourth-order valence-electron chi connectivity index (χ4n) is 1.52. The summed E-state index contributed by atoms with van der Waals surface area (Å²) in [5, 5.41) is 3.42. The highest BCUT2D eigenvalue weighted by molar-refractivity contribution is 7.80. The summed E-state index contributed by atoms with van der Waals surface area (Å²) >= 11 is 4.18. The van der Waals surface area contributed by atoms with E-state index in [0.29, 0.717) is 0 Å². The van der Waals surface area contributed by atoms with Gasteiger partial charge < -0.3 is 5.32 Å². The van der Waals surface area contributed by atoms with Gasteiger partial charge in [-0.2, -0.15) is 12.6 Å². The molecule has 0 radical (unpaired) electrons. The molecule has 0 saturated heterocycles. The maximum Gasteiger partial charge on any atom is -0.000834 e. The van der Waals surface area contributed by atoms with Gasteiger partial charge in [0.05, 0.1) is 0 Å². The molecule has 1 nitrogen and oxygen atoms in total. The summed E-state index contributed by atoms with van der Waals surface area (Å²) in [5.41, 5.74) is 4.20. The van der Waals surface area contributed by atoms with Crippen LogP contribution in [0.1, 0.15) is 23.1 Å². The summed E-state index contributed by atoms with van der Waals surface area (Å²) in [7, 11) is 0. The normalized spacial score (nSPS) is 10.6. The van der Waals surface area contributed by atoms with E-state index in [4.69, 9.17) is 0 Å². The van der Waals surface area contributed by atoms with Crippen LogP contribution in [0.25, 0.3) is 0 Å². The Bertz CT molecular complexity index is 297. The van der Waals surface area contributed by atoms with Gasteiger partial charge in [0, 0.05) is 0 Å². The van der Waals surface area contributed by atoms with Gasteiger partial charge in [-0.15, -0.1) is 0 Å². The quantitative estimate of drug-likeness (QED) is 0.558. The highest BCUT2D eigenvalue weighted by atomic mass is 32.1. The van der Waals surface area contributed by atoms with Crippen LogP contribution in [-0.2, 0) is 6.42 Å². The maximum absolute atomic E-state index is 4.18. The van der Waals surface area contributed by atoms with Crippen molar-refractivity contribution in [2.45, 2.75) is 26.7 Å². The average Bonchev–Trinajstić information content (AvgIpc) is 2.23. The van der Waals surface area contributed by atoms with E-state index in [9.17, 15) is 0 Å². The third-order valence-corrected chi connectivity index (χ3v) is 2.99. The number of hydrogen-bond donors (Lipinski definition) is 2. The van der Waals surface area contributed by atoms with Crippen LogP contribution < -0.4 is 5.32 Å². The smallest absolute Gasteiger partial charge is 0.000834 e. The van der Waals surface area contributed by atoms with E-state index in [-0.39, 0.29) is 0 Å². The summed E-state index contributed by atoms with van der Waals surface area (Å²) in [6.45, 7) is 6.47. The molecule has 1 rings (SSSR count). The number of benzene rings is 1. The van der Waals surface area contributed by atoms with E-state index in [2.05, 4.69) is 50.0 Å². The molecule has 0 aliphatic heterocycles. The van der Waals surface area contributed by atoms with Gasteiger partial charge >= 0.3 is 0 Å². The Hall–Kier alpha value is -0.470. The molecule has 0 saturated carbocycles.